The summed E-state index contributed by atoms with van der Waals surface area (Å²) < 4.78 is 26.3. The molecule has 1 fully saturated rings. The van der Waals surface area contributed by atoms with Crippen molar-refractivity contribution in [2.24, 2.45) is 0 Å². The second-order valence-electron chi connectivity index (χ2n) is 4.49. The molecule has 0 bridgehead atoms. The van der Waals surface area contributed by atoms with E-state index in [1.807, 2.05) is 0 Å². The largest absolute Gasteiger partial charge is 0.243 e. The van der Waals surface area contributed by atoms with E-state index in [4.69, 9.17) is 23.2 Å². The van der Waals surface area contributed by atoms with Gasteiger partial charge in [-0.3, -0.25) is 0 Å². The highest BCUT2D eigenvalue weighted by atomic mass is 35.5. The van der Waals surface area contributed by atoms with Crippen LogP contribution >= 0.6 is 23.2 Å². The number of rotatable bonds is 2. The molecule has 1 aromatic carbocycles. The van der Waals surface area contributed by atoms with E-state index in [0.29, 0.717) is 35.8 Å². The van der Waals surface area contributed by atoms with Crippen LogP contribution in [0.15, 0.2) is 23.1 Å². The normalized spacial score (nSPS) is 19.1. The summed E-state index contributed by atoms with van der Waals surface area (Å²) in [5, 5.41) is 0.664. The van der Waals surface area contributed by atoms with Gasteiger partial charge in [0.05, 0.1) is 4.90 Å². The van der Waals surface area contributed by atoms with Crippen molar-refractivity contribution in [3.63, 3.8) is 0 Å². The van der Waals surface area contributed by atoms with Gasteiger partial charge in [-0.25, -0.2) is 8.42 Å². The highest BCUT2D eigenvalue weighted by molar-refractivity contribution is 7.89. The van der Waals surface area contributed by atoms with Crippen LogP contribution in [0.4, 0.5) is 0 Å². The lowest BCUT2D eigenvalue weighted by atomic mass is 10.2. The number of halogens is 2. The minimum Gasteiger partial charge on any atom is -0.207 e. The van der Waals surface area contributed by atoms with Crippen molar-refractivity contribution in [1.29, 1.82) is 0 Å². The van der Waals surface area contributed by atoms with Gasteiger partial charge in [-0.2, -0.15) is 4.31 Å². The maximum atomic E-state index is 12.4. The zero-order valence-electron chi connectivity index (χ0n) is 10.1. The molecule has 0 atom stereocenters. The van der Waals surface area contributed by atoms with E-state index in [-0.39, 0.29) is 5.38 Å². The summed E-state index contributed by atoms with van der Waals surface area (Å²) >= 11 is 11.9. The Balaban J connectivity index is 2.27. The number of hydrogen-bond donors (Lipinski definition) is 0. The molecule has 0 spiro atoms. The molecule has 1 aliphatic heterocycles. The number of benzene rings is 1. The second kappa shape index (κ2) is 5.37. The molecule has 0 aliphatic carbocycles. The molecule has 0 N–H and O–H groups in total. The van der Waals surface area contributed by atoms with Gasteiger partial charge >= 0.3 is 0 Å². The lowest BCUT2D eigenvalue weighted by Gasteiger charge is -2.28. The fourth-order valence-electron chi connectivity index (χ4n) is 1.99. The smallest absolute Gasteiger partial charge is 0.207 e. The average molecular weight is 308 g/mol. The van der Waals surface area contributed by atoms with Gasteiger partial charge in [0.1, 0.15) is 0 Å². The molecule has 1 aliphatic rings. The summed E-state index contributed by atoms with van der Waals surface area (Å²) in [6.07, 6.45) is 1.40. The third kappa shape index (κ3) is 2.82. The van der Waals surface area contributed by atoms with E-state index in [0.717, 1.165) is 5.56 Å². The predicted molar refractivity (Wildman–Crippen MR) is 73.8 cm³/mol. The first-order chi connectivity index (χ1) is 8.41. The predicted octanol–water partition coefficient (Wildman–Crippen LogP) is 3.04. The van der Waals surface area contributed by atoms with Gasteiger partial charge in [0.2, 0.25) is 10.0 Å². The van der Waals surface area contributed by atoms with Crippen LogP contribution in [0.25, 0.3) is 0 Å². The van der Waals surface area contributed by atoms with Crippen molar-refractivity contribution < 1.29 is 8.42 Å². The molecule has 1 aromatic rings. The van der Waals surface area contributed by atoms with Gasteiger partial charge in [0.25, 0.3) is 0 Å². The van der Waals surface area contributed by atoms with Crippen molar-refractivity contribution in [3.8, 4) is 0 Å². The first-order valence-electron chi connectivity index (χ1n) is 5.81. The third-order valence-electron chi connectivity index (χ3n) is 3.15. The fraction of sp³-hybridized carbons (Fsp3) is 0.500. The quantitative estimate of drug-likeness (QED) is 0.788. The Bertz CT molecular complexity index is 537. The molecule has 1 heterocycles. The minimum atomic E-state index is -3.41. The highest BCUT2D eigenvalue weighted by Crippen LogP contribution is 2.25. The number of hydrogen-bond acceptors (Lipinski definition) is 2. The molecule has 18 heavy (non-hydrogen) atoms. The number of sulfonamides is 1. The van der Waals surface area contributed by atoms with Gasteiger partial charge in [-0.15, -0.1) is 11.6 Å². The van der Waals surface area contributed by atoms with Crippen molar-refractivity contribution in [2.45, 2.75) is 30.0 Å². The Labute approximate surface area is 118 Å². The molecule has 0 unspecified atom stereocenters. The molecular formula is C12H15Cl2NO2S. The standard InChI is InChI=1S/C12H15Cl2NO2S/c1-9-8-11(2-3-12(9)14)18(16,17)15-6-4-10(13)5-7-15/h2-3,8,10H,4-7H2,1H3. The summed E-state index contributed by atoms with van der Waals surface area (Å²) in [6, 6.07) is 4.79. The first-order valence-corrected chi connectivity index (χ1v) is 8.07. The lowest BCUT2D eigenvalue weighted by molar-refractivity contribution is 0.350. The van der Waals surface area contributed by atoms with Gasteiger partial charge in [-0.05, 0) is 43.5 Å². The van der Waals surface area contributed by atoms with Crippen molar-refractivity contribution in [3.05, 3.63) is 28.8 Å². The third-order valence-corrected chi connectivity index (χ3v) is 5.91. The van der Waals surface area contributed by atoms with Gasteiger partial charge < -0.3 is 0 Å². The van der Waals surface area contributed by atoms with Gasteiger partial charge in [0, 0.05) is 23.5 Å². The van der Waals surface area contributed by atoms with Crippen LogP contribution in [-0.2, 0) is 10.0 Å². The van der Waals surface area contributed by atoms with Gasteiger partial charge in [-0.1, -0.05) is 11.6 Å². The molecule has 0 amide bonds. The van der Waals surface area contributed by atoms with Crippen LogP contribution in [0, 0.1) is 6.92 Å². The Morgan fingerprint density at radius 3 is 2.44 bits per heavy atom. The summed E-state index contributed by atoms with van der Waals surface area (Å²) in [7, 11) is -3.41. The fourth-order valence-corrected chi connectivity index (χ4v) is 3.86. The van der Waals surface area contributed by atoms with E-state index in [9.17, 15) is 8.42 Å². The number of nitrogens with zero attached hydrogens (tertiary/aromatic N) is 1. The van der Waals surface area contributed by atoms with Crippen LogP contribution in [-0.4, -0.2) is 31.2 Å². The van der Waals surface area contributed by atoms with Crippen molar-refractivity contribution >= 4 is 33.2 Å². The Morgan fingerprint density at radius 1 is 1.28 bits per heavy atom. The van der Waals surface area contributed by atoms with E-state index < -0.39 is 10.0 Å². The molecule has 0 radical (unpaired) electrons. The van der Waals surface area contributed by atoms with E-state index >= 15 is 0 Å². The molecule has 2 rings (SSSR count). The number of alkyl halides is 1. The molecule has 1 saturated heterocycles. The summed E-state index contributed by atoms with van der Waals surface area (Å²) in [6.45, 7) is 2.77. The van der Waals surface area contributed by atoms with E-state index in [1.54, 1.807) is 25.1 Å². The number of piperidine rings is 1. The zero-order valence-corrected chi connectivity index (χ0v) is 12.4. The highest BCUT2D eigenvalue weighted by Gasteiger charge is 2.28. The summed E-state index contributed by atoms with van der Waals surface area (Å²) in [4.78, 5) is 0.303. The maximum absolute atomic E-state index is 12.4. The minimum absolute atomic E-state index is 0.0865. The first kappa shape index (κ1) is 14.1. The Morgan fingerprint density at radius 2 is 1.89 bits per heavy atom. The Hall–Kier alpha value is -0.290. The van der Waals surface area contributed by atoms with Crippen LogP contribution in [0.2, 0.25) is 5.02 Å². The average Bonchev–Trinajstić information content (AvgIpc) is 2.33. The van der Waals surface area contributed by atoms with Crippen LogP contribution in [0.1, 0.15) is 18.4 Å². The SMILES string of the molecule is Cc1cc(S(=O)(=O)N2CCC(Cl)CC2)ccc1Cl. The molecule has 100 valence electrons. The number of aryl methyl sites for hydroxylation is 1. The summed E-state index contributed by atoms with van der Waals surface area (Å²) in [5.41, 5.74) is 0.768. The van der Waals surface area contributed by atoms with Crippen molar-refractivity contribution in [1.82, 2.24) is 4.31 Å². The molecule has 6 heteroatoms. The monoisotopic (exact) mass is 307 g/mol. The maximum Gasteiger partial charge on any atom is 0.243 e. The lowest BCUT2D eigenvalue weighted by Crippen LogP contribution is -2.38. The Kier molecular flexibility index (Phi) is 4.22. The van der Waals surface area contributed by atoms with E-state index in [1.165, 1.54) is 4.31 Å². The van der Waals surface area contributed by atoms with Crippen LogP contribution < -0.4 is 0 Å². The van der Waals surface area contributed by atoms with Crippen LogP contribution in [0.5, 0.6) is 0 Å². The van der Waals surface area contributed by atoms with Gasteiger partial charge in [0.15, 0.2) is 0 Å². The summed E-state index contributed by atoms with van der Waals surface area (Å²) in [5.74, 6) is 0. The second-order valence-corrected chi connectivity index (χ2v) is 7.45. The molecular weight excluding hydrogens is 293 g/mol. The zero-order chi connectivity index (χ0) is 13.3. The van der Waals surface area contributed by atoms with Crippen LogP contribution in [0.3, 0.4) is 0 Å². The van der Waals surface area contributed by atoms with Crippen molar-refractivity contribution in [2.75, 3.05) is 13.1 Å². The molecule has 3 nitrogen and oxygen atoms in total. The molecule has 0 aromatic heterocycles. The topological polar surface area (TPSA) is 37.4 Å². The molecule has 0 saturated carbocycles. The van der Waals surface area contributed by atoms with E-state index in [2.05, 4.69) is 0 Å².